The van der Waals surface area contributed by atoms with Gasteiger partial charge in [-0.15, -0.1) is 0 Å². The normalized spacial score (nSPS) is 31.7. The molecule has 1 aromatic carbocycles. The summed E-state index contributed by atoms with van der Waals surface area (Å²) in [6, 6.07) is 7.04. The third-order valence-electron chi connectivity index (χ3n) is 7.29. The number of hydrogen-bond donors (Lipinski definition) is 0. The summed E-state index contributed by atoms with van der Waals surface area (Å²) in [4.78, 5) is 44.4. The van der Waals surface area contributed by atoms with Crippen molar-refractivity contribution in [3.8, 4) is 0 Å². The minimum absolute atomic E-state index is 0.0933. The van der Waals surface area contributed by atoms with Gasteiger partial charge in [0, 0.05) is 17.4 Å². The van der Waals surface area contributed by atoms with Crippen LogP contribution in [0, 0.1) is 11.8 Å². The van der Waals surface area contributed by atoms with E-state index in [1.807, 2.05) is 59.0 Å². The zero-order valence-electron chi connectivity index (χ0n) is 19.9. The zero-order chi connectivity index (χ0) is 23.4. The summed E-state index contributed by atoms with van der Waals surface area (Å²) in [5.74, 6) is -2.02. The topological polar surface area (TPSA) is 76.2 Å². The van der Waals surface area contributed by atoms with Crippen molar-refractivity contribution in [3.63, 3.8) is 0 Å². The van der Waals surface area contributed by atoms with Crippen molar-refractivity contribution in [3.05, 3.63) is 29.8 Å². The summed E-state index contributed by atoms with van der Waals surface area (Å²) in [6.45, 7) is 10.2. The van der Waals surface area contributed by atoms with Gasteiger partial charge in [-0.05, 0) is 65.8 Å². The Labute approximate surface area is 190 Å². The van der Waals surface area contributed by atoms with Crippen molar-refractivity contribution in [2.45, 2.75) is 70.6 Å². The average Bonchev–Trinajstić information content (AvgIpc) is 3.20. The highest BCUT2D eigenvalue weighted by Crippen LogP contribution is 2.60. The number of anilines is 1. The van der Waals surface area contributed by atoms with Crippen LogP contribution in [0.3, 0.4) is 0 Å². The summed E-state index contributed by atoms with van der Waals surface area (Å²) in [5.41, 5.74) is 0.503. The molecule has 1 aliphatic carbocycles. The number of hydrogen-bond acceptors (Lipinski definition) is 6. The Balaban J connectivity index is 1.96. The fraction of sp³-hybridized carbons (Fsp3) is 0.640. The molecule has 5 atom stereocenters. The zero-order valence-corrected chi connectivity index (χ0v) is 19.9. The van der Waals surface area contributed by atoms with Gasteiger partial charge in [0.1, 0.15) is 11.5 Å². The molecule has 1 amide bonds. The Morgan fingerprint density at radius 1 is 1.16 bits per heavy atom. The number of rotatable bonds is 3. The quantitative estimate of drug-likeness (QED) is 0.526. The van der Waals surface area contributed by atoms with Crippen molar-refractivity contribution >= 4 is 23.5 Å². The van der Waals surface area contributed by atoms with E-state index in [4.69, 9.17) is 9.47 Å². The smallest absolute Gasteiger partial charge is 0.415 e. The number of carbonyl (C=O) groups is 3. The minimum Gasteiger partial charge on any atom is -0.465 e. The van der Waals surface area contributed by atoms with E-state index in [1.54, 1.807) is 11.8 Å². The first kappa shape index (κ1) is 22.8. The Morgan fingerprint density at radius 3 is 2.47 bits per heavy atom. The maximum Gasteiger partial charge on any atom is 0.415 e. The minimum atomic E-state index is -1.04. The molecule has 7 heteroatoms. The van der Waals surface area contributed by atoms with Crippen molar-refractivity contribution in [1.82, 2.24) is 4.90 Å². The predicted molar refractivity (Wildman–Crippen MR) is 121 cm³/mol. The largest absolute Gasteiger partial charge is 0.465 e. The Bertz CT molecular complexity index is 939. The lowest BCUT2D eigenvalue weighted by atomic mass is 9.56. The molecule has 2 heterocycles. The van der Waals surface area contributed by atoms with Crippen LogP contribution in [0.15, 0.2) is 24.3 Å². The van der Waals surface area contributed by atoms with Crippen LogP contribution in [0.5, 0.6) is 0 Å². The first-order valence-corrected chi connectivity index (χ1v) is 11.6. The number of benzene rings is 1. The molecule has 1 saturated heterocycles. The Morgan fingerprint density at radius 2 is 1.84 bits per heavy atom. The Kier molecular flexibility index (Phi) is 5.60. The van der Waals surface area contributed by atoms with Crippen molar-refractivity contribution in [2.75, 3.05) is 25.1 Å². The number of likely N-dealkylation sites (tertiary alicyclic amines) is 1. The van der Waals surface area contributed by atoms with Crippen molar-refractivity contribution < 1.29 is 23.9 Å². The molecule has 3 aliphatic rings. The highest BCUT2D eigenvalue weighted by atomic mass is 16.6. The van der Waals surface area contributed by atoms with E-state index in [-0.39, 0.29) is 24.3 Å². The average molecular weight is 443 g/mol. The molecule has 3 unspecified atom stereocenters. The number of fused-ring (bicyclic) bond motifs is 1. The van der Waals surface area contributed by atoms with Crippen LogP contribution in [-0.4, -0.2) is 60.6 Å². The molecule has 0 radical (unpaired) electrons. The monoisotopic (exact) mass is 442 g/mol. The third kappa shape index (κ3) is 3.16. The lowest BCUT2D eigenvalue weighted by molar-refractivity contribution is -0.158. The van der Waals surface area contributed by atoms with Gasteiger partial charge in [-0.2, -0.15) is 0 Å². The van der Waals surface area contributed by atoms with E-state index in [2.05, 4.69) is 4.90 Å². The van der Waals surface area contributed by atoms with E-state index >= 15 is 0 Å². The van der Waals surface area contributed by atoms with Crippen molar-refractivity contribution in [2.24, 2.45) is 11.8 Å². The van der Waals surface area contributed by atoms with E-state index in [1.165, 1.54) is 0 Å². The highest BCUT2D eigenvalue weighted by molar-refractivity contribution is 6.06. The van der Waals surface area contributed by atoms with Crippen LogP contribution in [0.1, 0.15) is 53.0 Å². The fourth-order valence-corrected chi connectivity index (χ4v) is 6.35. The van der Waals surface area contributed by atoms with Crippen LogP contribution >= 0.6 is 0 Å². The number of amides is 1. The van der Waals surface area contributed by atoms with Crippen LogP contribution in [-0.2, 0) is 24.5 Å². The molecule has 32 heavy (non-hydrogen) atoms. The molecule has 2 aliphatic heterocycles. The number of ether oxygens (including phenoxy) is 2. The first-order valence-electron chi connectivity index (χ1n) is 11.6. The highest BCUT2D eigenvalue weighted by Gasteiger charge is 2.70. The predicted octanol–water partition coefficient (Wildman–Crippen LogP) is 3.54. The number of Topliss-reactive ketones (excluding diaryl/α,β-unsaturated/α-hetero) is 1. The third-order valence-corrected chi connectivity index (χ3v) is 7.29. The molecular formula is C25H34N2O5. The summed E-state index contributed by atoms with van der Waals surface area (Å²) in [6.07, 6.45) is 0.860. The van der Waals surface area contributed by atoms with Gasteiger partial charge in [0.15, 0.2) is 5.78 Å². The lowest BCUT2D eigenvalue weighted by Gasteiger charge is -2.50. The fourth-order valence-electron chi connectivity index (χ4n) is 6.35. The van der Waals surface area contributed by atoms with Gasteiger partial charge in [0.05, 0.1) is 18.3 Å². The van der Waals surface area contributed by atoms with Gasteiger partial charge in [0.2, 0.25) is 0 Å². The van der Waals surface area contributed by atoms with Gasteiger partial charge in [-0.25, -0.2) is 4.79 Å². The van der Waals surface area contributed by atoms with E-state index in [9.17, 15) is 14.4 Å². The molecule has 2 fully saturated rings. The number of para-hydroxylation sites is 1. The second-order valence-corrected chi connectivity index (χ2v) is 10.2. The van der Waals surface area contributed by atoms with Gasteiger partial charge >= 0.3 is 12.1 Å². The standard InChI is InChI=1S/C25H34N2O5/c1-7-15-19(28)18(22(29)31-8-2)21-25(13-14-26(6)20(15)25)16-11-9-10-12-17(16)27(21)23(30)32-24(3,4)5/h9-12,15,18,20-21H,7-8,13-14H2,1-6H3/t15-,18+,20?,21?,25?/m1/s1. The maximum absolute atomic E-state index is 13.8. The van der Waals surface area contributed by atoms with E-state index in [0.29, 0.717) is 6.42 Å². The molecule has 0 aromatic heterocycles. The second kappa shape index (κ2) is 7.87. The second-order valence-electron chi connectivity index (χ2n) is 10.2. The molecule has 1 aromatic rings. The SMILES string of the molecule is CCOC(=O)[C@H]1C(=O)[C@@H](CC)C2N(C)CCC23c2ccccc2N(C(=O)OC(C)(C)C)C13. The molecule has 7 nitrogen and oxygen atoms in total. The summed E-state index contributed by atoms with van der Waals surface area (Å²) >= 11 is 0. The van der Waals surface area contributed by atoms with Gasteiger partial charge < -0.3 is 14.4 Å². The number of ketones is 1. The van der Waals surface area contributed by atoms with Gasteiger partial charge in [-0.3, -0.25) is 14.5 Å². The van der Waals surface area contributed by atoms with Crippen LogP contribution in [0.25, 0.3) is 0 Å². The molecular weight excluding hydrogens is 408 g/mol. The molecule has 1 spiro atoms. The summed E-state index contributed by atoms with van der Waals surface area (Å²) in [7, 11) is 2.04. The maximum atomic E-state index is 13.8. The molecule has 1 saturated carbocycles. The summed E-state index contributed by atoms with van der Waals surface area (Å²) < 4.78 is 11.2. The number of esters is 1. The van der Waals surface area contributed by atoms with Gasteiger partial charge in [0.25, 0.3) is 0 Å². The number of nitrogens with zero attached hydrogens (tertiary/aromatic N) is 2. The van der Waals surface area contributed by atoms with Crippen LogP contribution in [0.2, 0.25) is 0 Å². The number of carbonyl (C=O) groups excluding carboxylic acids is 3. The van der Waals surface area contributed by atoms with E-state index < -0.39 is 35.0 Å². The van der Waals surface area contributed by atoms with E-state index in [0.717, 1.165) is 24.2 Å². The first-order chi connectivity index (χ1) is 15.1. The molecule has 174 valence electrons. The summed E-state index contributed by atoms with van der Waals surface area (Å²) in [5, 5.41) is 0. The van der Waals surface area contributed by atoms with Crippen LogP contribution < -0.4 is 4.90 Å². The Hall–Kier alpha value is -2.41. The van der Waals surface area contributed by atoms with Crippen molar-refractivity contribution in [1.29, 1.82) is 0 Å². The lowest BCUT2D eigenvalue weighted by Crippen LogP contribution is -2.67. The van der Waals surface area contributed by atoms with Crippen LogP contribution in [0.4, 0.5) is 10.5 Å². The van der Waals surface area contributed by atoms with Gasteiger partial charge in [-0.1, -0.05) is 25.1 Å². The molecule has 0 N–H and O–H groups in total. The molecule has 4 rings (SSSR count). The molecule has 0 bridgehead atoms. The number of likely N-dealkylation sites (N-methyl/N-ethyl adjacent to an activating group) is 1.